The highest BCUT2D eigenvalue weighted by atomic mass is 32.2. The van der Waals surface area contributed by atoms with E-state index in [1.807, 2.05) is 19.1 Å². The molecule has 11 heteroatoms. The van der Waals surface area contributed by atoms with Crippen LogP contribution in [0, 0.1) is 11.6 Å². The average Bonchev–Trinajstić information content (AvgIpc) is 3.37. The number of imidazole rings is 1. The third-order valence-corrected chi connectivity index (χ3v) is 7.62. The van der Waals surface area contributed by atoms with Gasteiger partial charge in [0.15, 0.2) is 5.65 Å². The predicted molar refractivity (Wildman–Crippen MR) is 151 cm³/mol. The van der Waals surface area contributed by atoms with Gasteiger partial charge < -0.3 is 9.71 Å². The lowest BCUT2D eigenvalue weighted by molar-refractivity contribution is 0.553. The lowest BCUT2D eigenvalue weighted by Crippen LogP contribution is -2.40. The SMILES string of the molecule is CCCCn1c(=O)n(Cc2ccccc2F)c(=O)c2[nH]c(Cc3ccc(NS(=O)c4ccc(F)cc4)cc3)nc21. The predicted octanol–water partition coefficient (Wildman–Crippen LogP) is 4.74. The number of halogens is 2. The number of benzene rings is 3. The first-order valence-corrected chi connectivity index (χ1v) is 14.0. The van der Waals surface area contributed by atoms with Gasteiger partial charge in [-0.1, -0.05) is 43.7 Å². The lowest BCUT2D eigenvalue weighted by Gasteiger charge is -2.11. The maximum Gasteiger partial charge on any atom is 0.333 e. The minimum atomic E-state index is -1.56. The molecule has 8 nitrogen and oxygen atoms in total. The van der Waals surface area contributed by atoms with Crippen molar-refractivity contribution in [2.75, 3.05) is 4.72 Å². The average molecular weight is 564 g/mol. The van der Waals surface area contributed by atoms with Crippen molar-refractivity contribution in [1.29, 1.82) is 0 Å². The quantitative estimate of drug-likeness (QED) is 0.256. The third-order valence-electron chi connectivity index (χ3n) is 6.50. The van der Waals surface area contributed by atoms with E-state index in [4.69, 9.17) is 0 Å². The van der Waals surface area contributed by atoms with Gasteiger partial charge in [-0.3, -0.25) is 13.9 Å². The summed E-state index contributed by atoms with van der Waals surface area (Å²) in [7, 11) is -1.56. The van der Waals surface area contributed by atoms with Gasteiger partial charge in [0, 0.05) is 24.2 Å². The summed E-state index contributed by atoms with van der Waals surface area (Å²) in [6.07, 6.45) is 1.90. The Hall–Kier alpha value is -4.38. The summed E-state index contributed by atoms with van der Waals surface area (Å²) in [6, 6.07) is 18.7. The van der Waals surface area contributed by atoms with Crippen molar-refractivity contribution < 1.29 is 13.0 Å². The van der Waals surface area contributed by atoms with Crippen molar-refractivity contribution in [2.45, 2.75) is 44.2 Å². The van der Waals surface area contributed by atoms with Gasteiger partial charge in [-0.25, -0.2) is 22.8 Å². The van der Waals surface area contributed by atoms with Crippen LogP contribution in [0.15, 0.2) is 87.3 Å². The number of unbranched alkanes of at least 4 members (excludes halogenated alkanes) is 1. The number of nitrogens with zero attached hydrogens (tertiary/aromatic N) is 3. The van der Waals surface area contributed by atoms with Crippen LogP contribution in [0.1, 0.15) is 36.7 Å². The monoisotopic (exact) mass is 563 g/mol. The molecular formula is C29H27F2N5O3S. The second kappa shape index (κ2) is 11.8. The number of rotatable bonds is 10. The molecule has 2 aromatic heterocycles. The van der Waals surface area contributed by atoms with Crippen LogP contribution >= 0.6 is 0 Å². The molecule has 206 valence electrons. The topological polar surface area (TPSA) is 102 Å². The highest BCUT2D eigenvalue weighted by molar-refractivity contribution is 7.86. The van der Waals surface area contributed by atoms with E-state index in [1.165, 1.54) is 34.9 Å². The first-order chi connectivity index (χ1) is 19.3. The van der Waals surface area contributed by atoms with Gasteiger partial charge in [0.2, 0.25) is 0 Å². The molecule has 5 rings (SSSR count). The molecule has 0 spiro atoms. The van der Waals surface area contributed by atoms with Crippen molar-refractivity contribution in [3.05, 3.63) is 122 Å². The number of aryl methyl sites for hydroxylation is 1. The zero-order chi connectivity index (χ0) is 28.2. The fraction of sp³-hybridized carbons (Fsp3) is 0.207. The van der Waals surface area contributed by atoms with Crippen LogP contribution in [-0.4, -0.2) is 23.3 Å². The van der Waals surface area contributed by atoms with E-state index in [9.17, 15) is 22.6 Å². The smallest absolute Gasteiger partial charge is 0.333 e. The molecule has 40 heavy (non-hydrogen) atoms. The van der Waals surface area contributed by atoms with Gasteiger partial charge in [0.1, 0.15) is 34.0 Å². The molecular weight excluding hydrogens is 536 g/mol. The molecule has 5 aromatic rings. The largest absolute Gasteiger partial charge is 0.336 e. The van der Waals surface area contributed by atoms with Crippen LogP contribution < -0.4 is 16.0 Å². The molecule has 0 aliphatic heterocycles. The summed E-state index contributed by atoms with van der Waals surface area (Å²) in [5, 5.41) is 0. The number of aromatic amines is 1. The number of anilines is 1. The molecule has 0 saturated heterocycles. The van der Waals surface area contributed by atoms with Gasteiger partial charge in [-0.05, 0) is 54.4 Å². The Kier molecular flexibility index (Phi) is 8.01. The van der Waals surface area contributed by atoms with E-state index in [1.54, 1.807) is 30.3 Å². The Bertz CT molecular complexity index is 1790. The van der Waals surface area contributed by atoms with E-state index >= 15 is 0 Å². The second-order valence-electron chi connectivity index (χ2n) is 9.35. The molecule has 1 unspecified atom stereocenters. The molecule has 0 saturated carbocycles. The fourth-order valence-corrected chi connectivity index (χ4v) is 5.21. The highest BCUT2D eigenvalue weighted by Crippen LogP contribution is 2.17. The van der Waals surface area contributed by atoms with Gasteiger partial charge in [0.05, 0.1) is 11.4 Å². The van der Waals surface area contributed by atoms with Gasteiger partial charge in [-0.15, -0.1) is 0 Å². The van der Waals surface area contributed by atoms with Crippen molar-refractivity contribution in [3.8, 4) is 0 Å². The zero-order valence-electron chi connectivity index (χ0n) is 21.7. The van der Waals surface area contributed by atoms with Crippen molar-refractivity contribution in [1.82, 2.24) is 19.1 Å². The van der Waals surface area contributed by atoms with Crippen LogP contribution in [0.3, 0.4) is 0 Å². The molecule has 0 amide bonds. The summed E-state index contributed by atoms with van der Waals surface area (Å²) in [5.74, 6) is -0.392. The molecule has 3 aromatic carbocycles. The minimum absolute atomic E-state index is 0.186. The lowest BCUT2D eigenvalue weighted by atomic mass is 10.1. The molecule has 2 heterocycles. The summed E-state index contributed by atoms with van der Waals surface area (Å²) >= 11 is 0. The first-order valence-electron chi connectivity index (χ1n) is 12.8. The van der Waals surface area contributed by atoms with Gasteiger partial charge in [-0.2, -0.15) is 0 Å². The van der Waals surface area contributed by atoms with Crippen molar-refractivity contribution in [2.24, 2.45) is 0 Å². The number of fused-ring (bicyclic) bond motifs is 1. The summed E-state index contributed by atoms with van der Waals surface area (Å²) in [4.78, 5) is 34.8. The molecule has 0 bridgehead atoms. The number of nitrogens with one attached hydrogen (secondary N) is 2. The number of H-pyrrole nitrogens is 1. The summed E-state index contributed by atoms with van der Waals surface area (Å²) in [6.45, 7) is 2.19. The van der Waals surface area contributed by atoms with E-state index in [2.05, 4.69) is 14.7 Å². The van der Waals surface area contributed by atoms with E-state index in [-0.39, 0.29) is 23.3 Å². The van der Waals surface area contributed by atoms with E-state index in [0.29, 0.717) is 35.8 Å². The van der Waals surface area contributed by atoms with Crippen molar-refractivity contribution in [3.63, 3.8) is 0 Å². The Balaban J connectivity index is 1.42. The Labute approximate surface area is 230 Å². The molecule has 0 fully saturated rings. The molecule has 0 aliphatic rings. The van der Waals surface area contributed by atoms with Crippen LogP contribution in [0.5, 0.6) is 0 Å². The minimum Gasteiger partial charge on any atom is -0.336 e. The number of hydrogen-bond acceptors (Lipinski definition) is 4. The Morgan fingerprint density at radius 3 is 2.38 bits per heavy atom. The third kappa shape index (κ3) is 5.79. The highest BCUT2D eigenvalue weighted by Gasteiger charge is 2.18. The maximum absolute atomic E-state index is 14.3. The maximum atomic E-state index is 14.3. The van der Waals surface area contributed by atoms with Gasteiger partial charge in [0.25, 0.3) is 5.56 Å². The van der Waals surface area contributed by atoms with Crippen LogP contribution in [0.25, 0.3) is 11.2 Å². The normalized spacial score (nSPS) is 12.1. The zero-order valence-corrected chi connectivity index (χ0v) is 22.5. The van der Waals surface area contributed by atoms with E-state index < -0.39 is 33.9 Å². The van der Waals surface area contributed by atoms with Crippen molar-refractivity contribution >= 4 is 27.8 Å². The second-order valence-corrected chi connectivity index (χ2v) is 10.6. The number of aromatic nitrogens is 4. The standard InChI is InChI=1S/C29H27F2N5O3S/c1-2-3-16-35-27-26(28(37)36(29(35)38)18-20-6-4-5-7-24(20)31)32-25(33-27)17-19-8-12-22(13-9-19)34-40(39)23-14-10-21(30)11-15-23/h4-15,34H,2-3,16-18H2,1H3,(H,32,33). The van der Waals surface area contributed by atoms with Crippen LogP contribution in [-0.2, 0) is 30.5 Å². The molecule has 0 aliphatic carbocycles. The summed E-state index contributed by atoms with van der Waals surface area (Å²) < 4.78 is 45.4. The van der Waals surface area contributed by atoms with E-state index in [0.717, 1.165) is 16.6 Å². The van der Waals surface area contributed by atoms with Crippen LogP contribution in [0.2, 0.25) is 0 Å². The molecule has 1 atom stereocenters. The fourth-order valence-electron chi connectivity index (χ4n) is 4.36. The molecule has 2 N–H and O–H groups in total. The number of hydrogen-bond donors (Lipinski definition) is 2. The van der Waals surface area contributed by atoms with Gasteiger partial charge >= 0.3 is 5.69 Å². The first kappa shape index (κ1) is 27.2. The molecule has 0 radical (unpaired) electrons. The Morgan fingerprint density at radius 2 is 1.68 bits per heavy atom. The Morgan fingerprint density at radius 1 is 0.950 bits per heavy atom. The van der Waals surface area contributed by atoms with Crippen LogP contribution in [0.4, 0.5) is 14.5 Å². The summed E-state index contributed by atoms with van der Waals surface area (Å²) in [5.41, 5.74) is 1.10.